The molecule has 1 atom stereocenters. The summed E-state index contributed by atoms with van der Waals surface area (Å²) >= 11 is 0. The topological polar surface area (TPSA) is 62.1 Å². The van der Waals surface area contributed by atoms with E-state index in [1.54, 1.807) is 4.31 Å². The molecule has 1 aromatic heterocycles. The number of para-hydroxylation sites is 1. The lowest BCUT2D eigenvalue weighted by Crippen LogP contribution is -2.41. The van der Waals surface area contributed by atoms with Crippen molar-refractivity contribution in [3.63, 3.8) is 0 Å². The summed E-state index contributed by atoms with van der Waals surface area (Å²) in [6, 6.07) is 8.35. The Morgan fingerprint density at radius 3 is 2.68 bits per heavy atom. The molecule has 3 N–H and O–H groups in total. The van der Waals surface area contributed by atoms with Crippen LogP contribution in [0, 0.1) is 0 Å². The Morgan fingerprint density at radius 1 is 1.32 bits per heavy atom. The second kappa shape index (κ2) is 4.67. The van der Waals surface area contributed by atoms with Gasteiger partial charge in [0.2, 0.25) is 0 Å². The molecule has 0 amide bonds. The highest BCUT2D eigenvalue weighted by atomic mass is 32.2. The van der Waals surface area contributed by atoms with Crippen LogP contribution >= 0.6 is 0 Å². The van der Waals surface area contributed by atoms with Gasteiger partial charge in [-0.15, -0.1) is 0 Å². The van der Waals surface area contributed by atoms with E-state index in [0.717, 1.165) is 25.9 Å². The number of nitrogens with zero attached hydrogens (tertiary/aromatic N) is 1. The maximum absolute atomic E-state index is 11.7. The number of benzene rings is 1. The fourth-order valence-corrected chi connectivity index (χ4v) is 3.74. The van der Waals surface area contributed by atoms with E-state index in [0.29, 0.717) is 5.92 Å². The smallest absolute Gasteiger partial charge is 0.0851 e. The molecule has 2 heterocycles. The number of fused-ring (bicyclic) bond motifs is 1. The van der Waals surface area contributed by atoms with Gasteiger partial charge in [0.1, 0.15) is 0 Å². The van der Waals surface area contributed by atoms with Gasteiger partial charge in [0.25, 0.3) is 0 Å². The van der Waals surface area contributed by atoms with Crippen LogP contribution in [-0.2, 0) is 9.89 Å². The lowest BCUT2D eigenvalue weighted by atomic mass is 9.90. The van der Waals surface area contributed by atoms with Gasteiger partial charge in [-0.1, -0.05) is 18.2 Å². The predicted octanol–water partition coefficient (Wildman–Crippen LogP) is 1.85. The Bertz CT molecular complexity index is 682. The zero-order valence-corrected chi connectivity index (χ0v) is 11.7. The molecular weight excluding hydrogens is 258 g/mol. The summed E-state index contributed by atoms with van der Waals surface area (Å²) in [5.41, 5.74) is 2.54. The normalized spacial score (nSPS) is 21.5. The van der Waals surface area contributed by atoms with Crippen LogP contribution in [0.25, 0.3) is 10.9 Å². The number of hydrogen-bond donors (Lipinski definition) is 2. The SMILES string of the molecule is C=S(N)(=O)N1CCC(c2c[nH]c3ccccc23)CC1. The second-order valence-corrected chi connectivity index (χ2v) is 7.08. The maximum Gasteiger partial charge on any atom is 0.0851 e. The van der Waals surface area contributed by atoms with E-state index >= 15 is 0 Å². The van der Waals surface area contributed by atoms with E-state index in [4.69, 9.17) is 5.14 Å². The van der Waals surface area contributed by atoms with Crippen molar-refractivity contribution >= 4 is 26.7 Å². The van der Waals surface area contributed by atoms with Crippen molar-refractivity contribution in [3.8, 4) is 0 Å². The minimum atomic E-state index is -2.54. The number of piperidine rings is 1. The van der Waals surface area contributed by atoms with E-state index in [9.17, 15) is 4.21 Å². The average molecular weight is 277 g/mol. The fraction of sp³-hybridized carbons (Fsp3) is 0.357. The highest BCUT2D eigenvalue weighted by Gasteiger charge is 2.25. The van der Waals surface area contributed by atoms with Crippen LogP contribution in [0.1, 0.15) is 24.3 Å². The zero-order valence-electron chi connectivity index (χ0n) is 10.8. The lowest BCUT2D eigenvalue weighted by molar-refractivity contribution is 0.334. The molecule has 0 saturated carbocycles. The van der Waals surface area contributed by atoms with Crippen molar-refractivity contribution in [2.24, 2.45) is 5.14 Å². The summed E-state index contributed by atoms with van der Waals surface area (Å²) in [6.45, 7) is 1.51. The van der Waals surface area contributed by atoms with E-state index in [1.165, 1.54) is 16.5 Å². The summed E-state index contributed by atoms with van der Waals surface area (Å²) in [7, 11) is -2.54. The first kappa shape index (κ1) is 12.7. The number of rotatable bonds is 2. The summed E-state index contributed by atoms with van der Waals surface area (Å²) < 4.78 is 13.5. The Balaban J connectivity index is 1.82. The van der Waals surface area contributed by atoms with Gasteiger partial charge in [-0.3, -0.25) is 0 Å². The predicted molar refractivity (Wildman–Crippen MR) is 81.3 cm³/mol. The minimum Gasteiger partial charge on any atom is -0.361 e. The monoisotopic (exact) mass is 277 g/mol. The Labute approximate surface area is 113 Å². The average Bonchev–Trinajstić information content (AvgIpc) is 2.82. The van der Waals surface area contributed by atoms with Gasteiger partial charge in [0.05, 0.1) is 9.89 Å². The molecule has 0 radical (unpaired) electrons. The van der Waals surface area contributed by atoms with Gasteiger partial charge < -0.3 is 4.98 Å². The first-order valence-electron chi connectivity index (χ1n) is 6.52. The molecule has 5 heteroatoms. The standard InChI is InChI=1S/C14H19N3OS/c1-19(15,18)17-8-6-11(7-9-17)13-10-16-14-5-3-2-4-12(13)14/h2-5,10-11,16H,1,6-9H2,(H2,15,18). The highest BCUT2D eigenvalue weighted by Crippen LogP contribution is 2.33. The van der Waals surface area contributed by atoms with Crippen LogP contribution in [0.5, 0.6) is 0 Å². The molecule has 1 aliphatic rings. The van der Waals surface area contributed by atoms with Crippen LogP contribution in [-0.4, -0.2) is 32.5 Å². The van der Waals surface area contributed by atoms with Crippen molar-refractivity contribution in [1.82, 2.24) is 9.29 Å². The molecule has 0 bridgehead atoms. The summed E-state index contributed by atoms with van der Waals surface area (Å²) in [4.78, 5) is 3.32. The third-order valence-corrected chi connectivity index (χ3v) is 5.19. The maximum atomic E-state index is 11.7. The van der Waals surface area contributed by atoms with Crippen molar-refractivity contribution in [2.45, 2.75) is 18.8 Å². The van der Waals surface area contributed by atoms with Gasteiger partial charge in [-0.05, 0) is 36.3 Å². The van der Waals surface area contributed by atoms with E-state index in [-0.39, 0.29) is 0 Å². The molecule has 1 aromatic carbocycles. The van der Waals surface area contributed by atoms with Crippen LogP contribution < -0.4 is 5.14 Å². The van der Waals surface area contributed by atoms with Crippen LogP contribution in [0.2, 0.25) is 0 Å². The number of nitrogens with one attached hydrogen (secondary N) is 1. The largest absolute Gasteiger partial charge is 0.361 e. The fourth-order valence-electron chi connectivity index (χ4n) is 2.91. The lowest BCUT2D eigenvalue weighted by Gasteiger charge is -2.32. The number of aromatic nitrogens is 1. The van der Waals surface area contributed by atoms with Gasteiger partial charge in [0, 0.05) is 30.2 Å². The number of nitrogens with two attached hydrogens (primary N) is 1. The molecule has 0 aliphatic carbocycles. The van der Waals surface area contributed by atoms with Crippen LogP contribution in [0.3, 0.4) is 0 Å². The number of H-pyrrole nitrogens is 1. The van der Waals surface area contributed by atoms with Crippen LogP contribution in [0.4, 0.5) is 0 Å². The number of aromatic amines is 1. The second-order valence-electron chi connectivity index (χ2n) is 5.18. The quantitative estimate of drug-likeness (QED) is 0.809. The van der Waals surface area contributed by atoms with Crippen molar-refractivity contribution in [2.75, 3.05) is 13.1 Å². The zero-order chi connectivity index (χ0) is 13.5. The van der Waals surface area contributed by atoms with Gasteiger partial charge in [-0.2, -0.15) is 0 Å². The molecule has 1 aliphatic heterocycles. The van der Waals surface area contributed by atoms with E-state index in [1.807, 2.05) is 6.07 Å². The Kier molecular flexibility index (Phi) is 3.12. The Morgan fingerprint density at radius 2 is 2.00 bits per heavy atom. The number of hydrogen-bond acceptors (Lipinski definition) is 1. The molecule has 1 saturated heterocycles. The van der Waals surface area contributed by atoms with Crippen molar-refractivity contribution in [1.29, 1.82) is 0 Å². The summed E-state index contributed by atoms with van der Waals surface area (Å²) in [5.74, 6) is 4.07. The molecule has 3 rings (SSSR count). The third kappa shape index (κ3) is 2.41. The summed E-state index contributed by atoms with van der Waals surface area (Å²) in [6.07, 6.45) is 4.06. The summed E-state index contributed by atoms with van der Waals surface area (Å²) in [5, 5.41) is 6.90. The minimum absolute atomic E-state index is 0.508. The first-order valence-corrected chi connectivity index (χ1v) is 8.26. The molecule has 19 heavy (non-hydrogen) atoms. The van der Waals surface area contributed by atoms with E-state index in [2.05, 4.69) is 35.3 Å². The van der Waals surface area contributed by atoms with Gasteiger partial charge in [-0.25, -0.2) is 13.7 Å². The molecule has 102 valence electrons. The van der Waals surface area contributed by atoms with E-state index < -0.39 is 9.89 Å². The first-order chi connectivity index (χ1) is 9.05. The molecule has 1 unspecified atom stereocenters. The highest BCUT2D eigenvalue weighted by molar-refractivity contribution is 7.96. The van der Waals surface area contributed by atoms with Gasteiger partial charge >= 0.3 is 0 Å². The van der Waals surface area contributed by atoms with Gasteiger partial charge in [0.15, 0.2) is 0 Å². The third-order valence-electron chi connectivity index (χ3n) is 3.95. The Hall–Kier alpha value is -1.30. The molecule has 0 spiro atoms. The van der Waals surface area contributed by atoms with Crippen molar-refractivity contribution in [3.05, 3.63) is 36.0 Å². The van der Waals surface area contributed by atoms with Crippen molar-refractivity contribution < 1.29 is 4.21 Å². The van der Waals surface area contributed by atoms with Crippen LogP contribution in [0.15, 0.2) is 30.5 Å². The molecular formula is C14H19N3OS. The molecule has 4 nitrogen and oxygen atoms in total. The molecule has 2 aromatic rings. The molecule has 1 fully saturated rings.